The summed E-state index contributed by atoms with van der Waals surface area (Å²) in [6.07, 6.45) is 3.85. The van der Waals surface area contributed by atoms with E-state index < -0.39 is 5.79 Å². The Morgan fingerprint density at radius 2 is 1.93 bits per heavy atom. The molecule has 6 nitrogen and oxygen atoms in total. The van der Waals surface area contributed by atoms with Gasteiger partial charge in [0.1, 0.15) is 0 Å². The molecule has 0 bridgehead atoms. The summed E-state index contributed by atoms with van der Waals surface area (Å²) in [4.78, 5) is 18.6. The van der Waals surface area contributed by atoms with Gasteiger partial charge in [0.05, 0.1) is 24.4 Å². The molecule has 144 valence electrons. The Morgan fingerprint density at radius 1 is 1.19 bits per heavy atom. The first-order chi connectivity index (χ1) is 13.0. The van der Waals surface area contributed by atoms with Gasteiger partial charge in [-0.1, -0.05) is 23.2 Å². The third kappa shape index (κ3) is 4.14. The van der Waals surface area contributed by atoms with Gasteiger partial charge in [0, 0.05) is 49.4 Å². The fraction of sp³-hybridized carbons (Fsp3) is 0.474. The zero-order valence-corrected chi connectivity index (χ0v) is 16.3. The first-order valence-corrected chi connectivity index (χ1v) is 9.76. The van der Waals surface area contributed by atoms with Gasteiger partial charge in [-0.3, -0.25) is 4.79 Å². The lowest BCUT2D eigenvalue weighted by Crippen LogP contribution is -2.47. The molecule has 2 aliphatic rings. The van der Waals surface area contributed by atoms with E-state index in [2.05, 4.69) is 4.98 Å². The minimum Gasteiger partial charge on any atom is -0.441 e. The largest absolute Gasteiger partial charge is 0.441 e. The van der Waals surface area contributed by atoms with E-state index >= 15 is 0 Å². The number of rotatable bonds is 4. The molecule has 2 aliphatic heterocycles. The normalized spacial score (nSPS) is 19.0. The number of aromatic nitrogens is 1. The number of amides is 1. The number of aryl methyl sites for hydroxylation is 1. The lowest BCUT2D eigenvalue weighted by molar-refractivity contribution is -0.187. The molecule has 2 saturated heterocycles. The van der Waals surface area contributed by atoms with Crippen LogP contribution in [-0.2, 0) is 20.7 Å². The maximum Gasteiger partial charge on any atom is 0.223 e. The Kier molecular flexibility index (Phi) is 5.41. The van der Waals surface area contributed by atoms with Crippen molar-refractivity contribution < 1.29 is 18.7 Å². The molecule has 4 rings (SSSR count). The number of hydrogen-bond donors (Lipinski definition) is 0. The molecule has 0 atom stereocenters. The maximum atomic E-state index is 12.5. The molecular weight excluding hydrogens is 391 g/mol. The molecule has 0 saturated carbocycles. The molecule has 27 heavy (non-hydrogen) atoms. The molecule has 1 aromatic carbocycles. The third-order valence-electron chi connectivity index (χ3n) is 4.99. The first kappa shape index (κ1) is 18.7. The second-order valence-corrected chi connectivity index (χ2v) is 7.57. The van der Waals surface area contributed by atoms with E-state index in [1.54, 1.807) is 24.4 Å². The number of halogens is 2. The molecule has 0 N–H and O–H groups in total. The van der Waals surface area contributed by atoms with E-state index in [9.17, 15) is 4.79 Å². The van der Waals surface area contributed by atoms with Gasteiger partial charge in [-0.25, -0.2) is 4.98 Å². The van der Waals surface area contributed by atoms with Gasteiger partial charge in [-0.05, 0) is 18.2 Å². The van der Waals surface area contributed by atoms with Crippen LogP contribution in [0.2, 0.25) is 10.0 Å². The van der Waals surface area contributed by atoms with Crippen LogP contribution in [0, 0.1) is 0 Å². The van der Waals surface area contributed by atoms with E-state index in [1.165, 1.54) is 0 Å². The van der Waals surface area contributed by atoms with Crippen molar-refractivity contribution in [2.45, 2.75) is 31.5 Å². The van der Waals surface area contributed by atoms with E-state index in [0.29, 0.717) is 60.8 Å². The summed E-state index contributed by atoms with van der Waals surface area (Å²) in [5, 5.41) is 1.06. The van der Waals surface area contributed by atoms with E-state index in [4.69, 9.17) is 37.1 Å². The molecule has 1 spiro atoms. The second kappa shape index (κ2) is 7.80. The molecule has 0 radical (unpaired) electrons. The molecule has 2 fully saturated rings. The van der Waals surface area contributed by atoms with Crippen LogP contribution in [0.5, 0.6) is 0 Å². The van der Waals surface area contributed by atoms with Crippen LogP contribution in [0.3, 0.4) is 0 Å². The van der Waals surface area contributed by atoms with Crippen molar-refractivity contribution >= 4 is 29.1 Å². The molecule has 0 aliphatic carbocycles. The fourth-order valence-electron chi connectivity index (χ4n) is 3.49. The lowest BCUT2D eigenvalue weighted by Gasteiger charge is -2.37. The predicted octanol–water partition coefficient (Wildman–Crippen LogP) is 3.95. The topological polar surface area (TPSA) is 64.8 Å². The highest BCUT2D eigenvalue weighted by Crippen LogP contribution is 2.32. The summed E-state index contributed by atoms with van der Waals surface area (Å²) < 4.78 is 17.1. The molecule has 0 unspecified atom stereocenters. The van der Waals surface area contributed by atoms with Gasteiger partial charge in [-0.15, -0.1) is 0 Å². The zero-order valence-electron chi connectivity index (χ0n) is 14.7. The van der Waals surface area contributed by atoms with Gasteiger partial charge >= 0.3 is 0 Å². The van der Waals surface area contributed by atoms with Crippen molar-refractivity contribution in [3.05, 3.63) is 40.3 Å². The molecule has 3 heterocycles. The van der Waals surface area contributed by atoms with E-state index in [-0.39, 0.29) is 5.91 Å². The molecule has 1 amide bonds. The van der Waals surface area contributed by atoms with Crippen LogP contribution in [0.4, 0.5) is 0 Å². The predicted molar refractivity (Wildman–Crippen MR) is 101 cm³/mol. The highest BCUT2D eigenvalue weighted by Gasteiger charge is 2.40. The lowest BCUT2D eigenvalue weighted by atomic mass is 10.0. The van der Waals surface area contributed by atoms with Crippen molar-refractivity contribution in [3.8, 4) is 11.3 Å². The van der Waals surface area contributed by atoms with Crippen LogP contribution < -0.4 is 0 Å². The number of piperidine rings is 1. The minimum atomic E-state index is -0.466. The molecule has 8 heteroatoms. The van der Waals surface area contributed by atoms with Crippen molar-refractivity contribution in [2.75, 3.05) is 26.3 Å². The van der Waals surface area contributed by atoms with Crippen LogP contribution in [0.15, 0.2) is 28.8 Å². The quantitative estimate of drug-likeness (QED) is 0.763. The number of carbonyl (C=O) groups is 1. The van der Waals surface area contributed by atoms with Crippen LogP contribution in [-0.4, -0.2) is 47.9 Å². The smallest absolute Gasteiger partial charge is 0.223 e. The van der Waals surface area contributed by atoms with Crippen LogP contribution in [0.25, 0.3) is 11.3 Å². The Hall–Kier alpha value is -1.60. The van der Waals surface area contributed by atoms with Crippen LogP contribution >= 0.6 is 23.2 Å². The average Bonchev–Trinajstić information content (AvgIpc) is 3.30. The number of benzene rings is 1. The minimum absolute atomic E-state index is 0.0899. The fourth-order valence-corrected chi connectivity index (χ4v) is 4.00. The van der Waals surface area contributed by atoms with Crippen molar-refractivity contribution in [1.29, 1.82) is 0 Å². The van der Waals surface area contributed by atoms with Gasteiger partial charge in [-0.2, -0.15) is 0 Å². The van der Waals surface area contributed by atoms with Crippen molar-refractivity contribution in [1.82, 2.24) is 9.88 Å². The summed E-state index contributed by atoms with van der Waals surface area (Å²) in [5.74, 6) is 0.702. The van der Waals surface area contributed by atoms with E-state index in [0.717, 1.165) is 18.4 Å². The summed E-state index contributed by atoms with van der Waals surface area (Å²) >= 11 is 12.1. The van der Waals surface area contributed by atoms with Crippen molar-refractivity contribution in [3.63, 3.8) is 0 Å². The summed E-state index contributed by atoms with van der Waals surface area (Å²) in [6, 6.07) is 5.19. The summed E-state index contributed by atoms with van der Waals surface area (Å²) in [5.41, 5.74) is 0.726. The summed E-state index contributed by atoms with van der Waals surface area (Å²) in [6.45, 7) is 2.57. The summed E-state index contributed by atoms with van der Waals surface area (Å²) in [7, 11) is 0. The number of oxazole rings is 1. The second-order valence-electron chi connectivity index (χ2n) is 6.73. The van der Waals surface area contributed by atoms with Crippen LogP contribution in [0.1, 0.15) is 25.2 Å². The SMILES string of the molecule is O=C(CCc1ncc(-c2ccc(Cl)cc2Cl)o1)N1CCC2(CC1)OCCO2. The maximum absolute atomic E-state index is 12.5. The van der Waals surface area contributed by atoms with E-state index in [1.807, 2.05) is 4.90 Å². The Labute approximate surface area is 167 Å². The number of ether oxygens (including phenoxy) is 2. The number of likely N-dealkylation sites (tertiary alicyclic amines) is 1. The highest BCUT2D eigenvalue weighted by atomic mass is 35.5. The van der Waals surface area contributed by atoms with Gasteiger partial charge < -0.3 is 18.8 Å². The monoisotopic (exact) mass is 410 g/mol. The highest BCUT2D eigenvalue weighted by molar-refractivity contribution is 6.36. The number of nitrogens with zero attached hydrogens (tertiary/aromatic N) is 2. The standard InChI is InChI=1S/C19H20Cl2N2O4/c20-13-1-2-14(15(21)11-13)16-12-22-17(27-16)3-4-18(24)23-7-5-19(6-8-23)25-9-10-26-19/h1-2,11-12H,3-10H2. The average molecular weight is 411 g/mol. The van der Waals surface area contributed by atoms with Gasteiger partial charge in [0.15, 0.2) is 17.4 Å². The Bertz CT molecular complexity index is 823. The molecular formula is C19H20Cl2N2O4. The van der Waals surface area contributed by atoms with Gasteiger partial charge in [0.25, 0.3) is 0 Å². The third-order valence-corrected chi connectivity index (χ3v) is 5.54. The molecule has 2 aromatic rings. The zero-order chi connectivity index (χ0) is 18.9. The Balaban J connectivity index is 1.31. The van der Waals surface area contributed by atoms with Crippen molar-refractivity contribution in [2.24, 2.45) is 0 Å². The number of hydrogen-bond acceptors (Lipinski definition) is 5. The first-order valence-electron chi connectivity index (χ1n) is 9.00. The Morgan fingerprint density at radius 3 is 2.63 bits per heavy atom. The molecule has 1 aromatic heterocycles. The van der Waals surface area contributed by atoms with Gasteiger partial charge in [0.2, 0.25) is 5.91 Å². The number of carbonyl (C=O) groups excluding carboxylic acids is 1.